The van der Waals surface area contributed by atoms with Gasteiger partial charge in [0.15, 0.2) is 11.6 Å². The smallest absolute Gasteiger partial charge is 0.341 e. The molecule has 0 saturated carbocycles. The first-order chi connectivity index (χ1) is 15.0. The third kappa shape index (κ3) is 5.68. The van der Waals surface area contributed by atoms with Gasteiger partial charge in [0.1, 0.15) is 5.75 Å². The van der Waals surface area contributed by atoms with Gasteiger partial charge in [-0.3, -0.25) is 0 Å². The summed E-state index contributed by atoms with van der Waals surface area (Å²) in [5.74, 6) is -0.324. The predicted molar refractivity (Wildman–Crippen MR) is 119 cm³/mol. The Labute approximate surface area is 181 Å². The number of esters is 1. The van der Waals surface area contributed by atoms with Gasteiger partial charge >= 0.3 is 5.97 Å². The van der Waals surface area contributed by atoms with Crippen LogP contribution in [0.15, 0.2) is 91.2 Å². The lowest BCUT2D eigenvalue weighted by molar-refractivity contribution is -0.130. The number of hydrogen-bond acceptors (Lipinski definition) is 4. The summed E-state index contributed by atoms with van der Waals surface area (Å²) >= 11 is 0. The Kier molecular flexibility index (Phi) is 7.35. The van der Waals surface area contributed by atoms with Crippen molar-refractivity contribution < 1.29 is 23.4 Å². The number of methoxy groups -OCH3 is 1. The molecular formula is C26H23FO4. The fourth-order valence-corrected chi connectivity index (χ4v) is 2.90. The van der Waals surface area contributed by atoms with Crippen molar-refractivity contribution in [3.63, 3.8) is 0 Å². The van der Waals surface area contributed by atoms with Crippen molar-refractivity contribution in [3.8, 4) is 33.8 Å². The van der Waals surface area contributed by atoms with Crippen LogP contribution in [0.3, 0.4) is 0 Å². The van der Waals surface area contributed by atoms with Crippen LogP contribution in [0.25, 0.3) is 22.3 Å². The number of benzene rings is 3. The average Bonchev–Trinajstić information content (AvgIpc) is 2.79. The van der Waals surface area contributed by atoms with Gasteiger partial charge in [-0.1, -0.05) is 55.1 Å². The van der Waals surface area contributed by atoms with Gasteiger partial charge in [0.05, 0.1) is 18.4 Å². The highest BCUT2D eigenvalue weighted by atomic mass is 19.1. The summed E-state index contributed by atoms with van der Waals surface area (Å²) in [6.07, 6.45) is 3.13. The number of hydrogen-bond donors (Lipinski definition) is 0. The molecule has 0 N–H and O–H groups in total. The van der Waals surface area contributed by atoms with Crippen molar-refractivity contribution in [2.45, 2.75) is 6.92 Å². The van der Waals surface area contributed by atoms with E-state index in [-0.39, 0.29) is 17.9 Å². The number of allylic oxidation sites excluding steroid dienone is 1. The highest BCUT2D eigenvalue weighted by Crippen LogP contribution is 2.29. The zero-order valence-electron chi connectivity index (χ0n) is 17.4. The van der Waals surface area contributed by atoms with E-state index in [4.69, 9.17) is 14.2 Å². The molecule has 158 valence electrons. The van der Waals surface area contributed by atoms with E-state index < -0.39 is 11.8 Å². The van der Waals surface area contributed by atoms with Crippen molar-refractivity contribution in [2.75, 3.05) is 13.7 Å². The Balaban J connectivity index is 1.71. The van der Waals surface area contributed by atoms with Crippen molar-refractivity contribution in [2.24, 2.45) is 0 Å². The largest absolute Gasteiger partial charge is 0.462 e. The standard InChI is InChI=1S/C26H23FO4/c1-4-15-30-25-14-11-22(16-24(25)27)21-7-5-19(6-8-21)20-9-12-23(13-10-20)31-26(28)18(2)17-29-3/h4-16H,2,17H2,1,3H3/b15-4-. The van der Waals surface area contributed by atoms with Crippen molar-refractivity contribution in [1.82, 2.24) is 0 Å². The molecule has 0 radical (unpaired) electrons. The van der Waals surface area contributed by atoms with Crippen molar-refractivity contribution in [1.29, 1.82) is 0 Å². The molecule has 0 unspecified atom stereocenters. The first kappa shape index (κ1) is 22.0. The number of rotatable bonds is 8. The summed E-state index contributed by atoms with van der Waals surface area (Å²) in [6.45, 7) is 5.55. The first-order valence-electron chi connectivity index (χ1n) is 9.69. The maximum absolute atomic E-state index is 14.2. The first-order valence-corrected chi connectivity index (χ1v) is 9.69. The normalized spacial score (nSPS) is 10.8. The summed E-state index contributed by atoms with van der Waals surface area (Å²) in [5.41, 5.74) is 3.85. The molecule has 3 aromatic rings. The van der Waals surface area contributed by atoms with E-state index in [1.165, 1.54) is 19.4 Å². The van der Waals surface area contributed by atoms with E-state index in [0.717, 1.165) is 22.3 Å². The highest BCUT2D eigenvalue weighted by molar-refractivity contribution is 5.89. The lowest BCUT2D eigenvalue weighted by Crippen LogP contribution is -2.13. The minimum absolute atomic E-state index is 0.124. The monoisotopic (exact) mass is 418 g/mol. The fraction of sp³-hybridized carbons (Fsp3) is 0.115. The van der Waals surface area contributed by atoms with Crippen LogP contribution < -0.4 is 9.47 Å². The molecule has 0 aliphatic carbocycles. The van der Waals surface area contributed by atoms with Gasteiger partial charge in [-0.2, -0.15) is 0 Å². The van der Waals surface area contributed by atoms with E-state index in [9.17, 15) is 9.18 Å². The molecule has 0 bridgehead atoms. The Morgan fingerprint density at radius 1 is 0.935 bits per heavy atom. The molecule has 0 aromatic heterocycles. The molecule has 31 heavy (non-hydrogen) atoms. The van der Waals surface area contributed by atoms with Gasteiger partial charge in [-0.05, 0) is 53.4 Å². The molecule has 0 aliphatic heterocycles. The van der Waals surface area contributed by atoms with Crippen LogP contribution >= 0.6 is 0 Å². The number of ether oxygens (including phenoxy) is 3. The van der Waals surface area contributed by atoms with Gasteiger partial charge in [0.25, 0.3) is 0 Å². The lowest BCUT2D eigenvalue weighted by atomic mass is 10.00. The maximum Gasteiger partial charge on any atom is 0.341 e. The Bertz CT molecular complexity index is 1080. The SMILES string of the molecule is C=C(COC)C(=O)Oc1ccc(-c2ccc(-c3ccc(O/C=C\C)c(F)c3)cc2)cc1. The Hall–Kier alpha value is -3.70. The molecule has 0 fully saturated rings. The second-order valence-corrected chi connectivity index (χ2v) is 6.76. The summed E-state index contributed by atoms with van der Waals surface area (Å²) in [5, 5.41) is 0. The van der Waals surface area contributed by atoms with Crippen LogP contribution in [-0.4, -0.2) is 19.7 Å². The molecule has 3 aromatic carbocycles. The third-order valence-corrected chi connectivity index (χ3v) is 4.49. The molecular weight excluding hydrogens is 395 g/mol. The number of carbonyl (C=O) groups excluding carboxylic acids is 1. The van der Waals surface area contributed by atoms with Crippen molar-refractivity contribution >= 4 is 5.97 Å². The minimum atomic E-state index is -0.520. The third-order valence-electron chi connectivity index (χ3n) is 4.49. The molecule has 0 heterocycles. The second-order valence-electron chi connectivity index (χ2n) is 6.76. The molecule has 4 nitrogen and oxygen atoms in total. The van der Waals surface area contributed by atoms with E-state index >= 15 is 0 Å². The summed E-state index contributed by atoms with van der Waals surface area (Å²) < 4.78 is 29.6. The van der Waals surface area contributed by atoms with Crippen LogP contribution in [-0.2, 0) is 9.53 Å². The average molecular weight is 418 g/mol. The summed E-state index contributed by atoms with van der Waals surface area (Å²) in [6, 6.07) is 19.8. The summed E-state index contributed by atoms with van der Waals surface area (Å²) in [4.78, 5) is 11.9. The number of halogens is 1. The Morgan fingerprint density at radius 3 is 2.03 bits per heavy atom. The molecule has 5 heteroatoms. The van der Waals surface area contributed by atoms with Gasteiger partial charge in [0, 0.05) is 7.11 Å². The number of carbonyl (C=O) groups is 1. The van der Waals surface area contributed by atoms with E-state index in [1.807, 2.05) is 42.5 Å². The molecule has 0 atom stereocenters. The van der Waals surface area contributed by atoms with E-state index in [0.29, 0.717) is 5.75 Å². The zero-order valence-corrected chi connectivity index (χ0v) is 17.4. The molecule has 0 amide bonds. The van der Waals surface area contributed by atoms with E-state index in [1.54, 1.807) is 31.2 Å². The van der Waals surface area contributed by atoms with Gasteiger partial charge < -0.3 is 14.2 Å². The van der Waals surface area contributed by atoms with Crippen LogP contribution in [0.4, 0.5) is 4.39 Å². The minimum Gasteiger partial charge on any atom is -0.462 e. The summed E-state index contributed by atoms with van der Waals surface area (Å²) in [7, 11) is 1.49. The maximum atomic E-state index is 14.2. The molecule has 3 rings (SSSR count). The Morgan fingerprint density at radius 2 is 1.48 bits per heavy atom. The molecule has 0 aliphatic rings. The van der Waals surface area contributed by atoms with Crippen LogP contribution in [0.5, 0.6) is 11.5 Å². The molecule has 0 saturated heterocycles. The van der Waals surface area contributed by atoms with Crippen LogP contribution in [0.2, 0.25) is 0 Å². The second kappa shape index (κ2) is 10.4. The molecule has 0 spiro atoms. The highest BCUT2D eigenvalue weighted by Gasteiger charge is 2.10. The van der Waals surface area contributed by atoms with Gasteiger partial charge in [-0.15, -0.1) is 0 Å². The van der Waals surface area contributed by atoms with Gasteiger partial charge in [-0.25, -0.2) is 9.18 Å². The zero-order chi connectivity index (χ0) is 22.2. The predicted octanol–water partition coefficient (Wildman–Crippen LogP) is 6.18. The topological polar surface area (TPSA) is 44.8 Å². The van der Waals surface area contributed by atoms with Crippen LogP contribution in [0, 0.1) is 5.82 Å². The van der Waals surface area contributed by atoms with Gasteiger partial charge in [0.2, 0.25) is 0 Å². The quantitative estimate of drug-likeness (QED) is 0.190. The fourth-order valence-electron chi connectivity index (χ4n) is 2.90. The van der Waals surface area contributed by atoms with E-state index in [2.05, 4.69) is 6.58 Å². The van der Waals surface area contributed by atoms with Crippen molar-refractivity contribution in [3.05, 3.63) is 97.0 Å². The lowest BCUT2D eigenvalue weighted by Gasteiger charge is -2.09. The van der Waals surface area contributed by atoms with Crippen LogP contribution in [0.1, 0.15) is 6.92 Å².